The van der Waals surface area contributed by atoms with E-state index in [2.05, 4.69) is 18.7 Å². The van der Waals surface area contributed by atoms with Crippen molar-refractivity contribution in [2.24, 2.45) is 0 Å². The zero-order valence-electron chi connectivity index (χ0n) is 21.6. The van der Waals surface area contributed by atoms with Gasteiger partial charge in [0.2, 0.25) is 0 Å². The molecule has 0 N–H and O–H groups in total. The van der Waals surface area contributed by atoms with Crippen molar-refractivity contribution in [1.82, 2.24) is 19.4 Å². The van der Waals surface area contributed by atoms with Gasteiger partial charge in [-0.3, -0.25) is 19.1 Å². The van der Waals surface area contributed by atoms with E-state index in [1.165, 1.54) is 0 Å². The molecule has 0 bridgehead atoms. The number of ether oxygens (including phenoxy) is 2. The molecule has 1 aliphatic rings. The van der Waals surface area contributed by atoms with Crippen molar-refractivity contribution in [3.8, 4) is 5.75 Å². The Hall–Kier alpha value is -3.23. The Labute approximate surface area is 212 Å². The Balaban J connectivity index is 1.50. The number of benzene rings is 2. The third-order valence-corrected chi connectivity index (χ3v) is 6.90. The monoisotopic (exact) mass is 492 g/mol. The van der Waals surface area contributed by atoms with Crippen LogP contribution >= 0.6 is 0 Å². The summed E-state index contributed by atoms with van der Waals surface area (Å²) in [5, 5.41) is 0.615. The van der Waals surface area contributed by atoms with E-state index in [1.54, 1.807) is 11.7 Å². The van der Waals surface area contributed by atoms with Gasteiger partial charge < -0.3 is 14.4 Å². The molecule has 8 heteroatoms. The molecule has 0 radical (unpaired) electrons. The SMILES string of the molecule is CCC(c1nc2ccccc2c(=O)n1CCOC)N1CCN(C(=O)COc2ccc(C)cc2)C(C)C1. The molecule has 4 rings (SSSR count). The number of aryl methyl sites for hydroxylation is 1. The van der Waals surface area contributed by atoms with Gasteiger partial charge in [0.1, 0.15) is 11.6 Å². The highest BCUT2D eigenvalue weighted by Crippen LogP contribution is 2.26. The third kappa shape index (κ3) is 5.60. The van der Waals surface area contributed by atoms with Crippen LogP contribution in [0, 0.1) is 6.92 Å². The maximum absolute atomic E-state index is 13.4. The number of carbonyl (C=O) groups is 1. The quantitative estimate of drug-likeness (QED) is 0.456. The number of nitrogens with zero attached hydrogens (tertiary/aromatic N) is 4. The van der Waals surface area contributed by atoms with Crippen LogP contribution in [0.25, 0.3) is 10.9 Å². The molecule has 0 aliphatic carbocycles. The fourth-order valence-corrected chi connectivity index (χ4v) is 4.94. The highest BCUT2D eigenvalue weighted by molar-refractivity contribution is 5.78. The number of methoxy groups -OCH3 is 1. The maximum Gasteiger partial charge on any atom is 0.261 e. The summed E-state index contributed by atoms with van der Waals surface area (Å²) < 4.78 is 12.8. The van der Waals surface area contributed by atoms with Crippen LogP contribution in [-0.2, 0) is 16.1 Å². The molecule has 2 aromatic carbocycles. The molecular weight excluding hydrogens is 456 g/mol. The van der Waals surface area contributed by atoms with Crippen LogP contribution in [0.5, 0.6) is 5.75 Å². The molecule has 1 saturated heterocycles. The van der Waals surface area contributed by atoms with E-state index < -0.39 is 0 Å². The van der Waals surface area contributed by atoms with E-state index in [9.17, 15) is 9.59 Å². The number of para-hydroxylation sites is 1. The van der Waals surface area contributed by atoms with Gasteiger partial charge >= 0.3 is 0 Å². The molecule has 1 amide bonds. The molecule has 2 atom stereocenters. The summed E-state index contributed by atoms with van der Waals surface area (Å²) in [7, 11) is 1.64. The van der Waals surface area contributed by atoms with E-state index in [0.717, 1.165) is 17.8 Å². The lowest BCUT2D eigenvalue weighted by Crippen LogP contribution is -2.56. The van der Waals surface area contributed by atoms with Crippen molar-refractivity contribution in [2.75, 3.05) is 40.0 Å². The van der Waals surface area contributed by atoms with Crippen LogP contribution in [0.4, 0.5) is 0 Å². The lowest BCUT2D eigenvalue weighted by atomic mass is 10.1. The van der Waals surface area contributed by atoms with E-state index >= 15 is 0 Å². The highest BCUT2D eigenvalue weighted by atomic mass is 16.5. The smallest absolute Gasteiger partial charge is 0.261 e. The summed E-state index contributed by atoms with van der Waals surface area (Å²) in [5.74, 6) is 1.44. The van der Waals surface area contributed by atoms with Gasteiger partial charge in [-0.25, -0.2) is 4.98 Å². The van der Waals surface area contributed by atoms with Gasteiger partial charge in [0.25, 0.3) is 11.5 Å². The summed E-state index contributed by atoms with van der Waals surface area (Å²) >= 11 is 0. The number of rotatable bonds is 9. The molecule has 0 spiro atoms. The van der Waals surface area contributed by atoms with Crippen LogP contribution in [0.2, 0.25) is 0 Å². The van der Waals surface area contributed by atoms with Gasteiger partial charge in [0, 0.05) is 32.8 Å². The number of carbonyl (C=O) groups excluding carboxylic acids is 1. The first kappa shape index (κ1) is 25.9. The lowest BCUT2D eigenvalue weighted by Gasteiger charge is -2.43. The van der Waals surface area contributed by atoms with E-state index in [1.807, 2.05) is 60.4 Å². The summed E-state index contributed by atoms with van der Waals surface area (Å²) in [4.78, 5) is 35.5. The van der Waals surface area contributed by atoms with E-state index in [0.29, 0.717) is 49.4 Å². The van der Waals surface area contributed by atoms with Crippen molar-refractivity contribution in [2.45, 2.75) is 45.8 Å². The summed E-state index contributed by atoms with van der Waals surface area (Å²) in [6.45, 7) is 9.10. The fourth-order valence-electron chi connectivity index (χ4n) is 4.94. The molecule has 8 nitrogen and oxygen atoms in total. The molecule has 0 saturated carbocycles. The van der Waals surface area contributed by atoms with E-state index in [-0.39, 0.29) is 30.2 Å². The summed E-state index contributed by atoms with van der Waals surface area (Å²) in [6, 6.07) is 15.2. The van der Waals surface area contributed by atoms with Crippen LogP contribution in [0.1, 0.15) is 37.7 Å². The first-order valence-corrected chi connectivity index (χ1v) is 12.6. The second-order valence-electron chi connectivity index (χ2n) is 9.39. The second-order valence-corrected chi connectivity index (χ2v) is 9.39. The largest absolute Gasteiger partial charge is 0.484 e. The van der Waals surface area contributed by atoms with Gasteiger partial charge in [-0.2, -0.15) is 0 Å². The molecule has 2 heterocycles. The van der Waals surface area contributed by atoms with Gasteiger partial charge in [-0.05, 0) is 44.5 Å². The zero-order chi connectivity index (χ0) is 25.7. The maximum atomic E-state index is 13.4. The first-order chi connectivity index (χ1) is 17.4. The molecule has 36 heavy (non-hydrogen) atoms. The third-order valence-electron chi connectivity index (χ3n) is 6.90. The molecule has 3 aromatic rings. The first-order valence-electron chi connectivity index (χ1n) is 12.6. The predicted octanol–water partition coefficient (Wildman–Crippen LogP) is 3.41. The zero-order valence-corrected chi connectivity index (χ0v) is 21.6. The minimum atomic E-state index is -0.0405. The van der Waals surface area contributed by atoms with Crippen molar-refractivity contribution in [3.63, 3.8) is 0 Å². The number of hydrogen-bond donors (Lipinski definition) is 0. The Morgan fingerprint density at radius 3 is 2.58 bits per heavy atom. The number of aromatic nitrogens is 2. The Morgan fingerprint density at radius 1 is 1.14 bits per heavy atom. The average molecular weight is 493 g/mol. The standard InChI is InChI=1S/C28H36N4O4/c1-5-25(27-29-24-9-7-6-8-23(24)28(34)32(27)16-17-35-4)30-14-15-31(21(3)18-30)26(33)19-36-22-12-10-20(2)11-13-22/h6-13,21,25H,5,14-19H2,1-4H3. The van der Waals surface area contributed by atoms with Crippen molar-refractivity contribution >= 4 is 16.8 Å². The lowest BCUT2D eigenvalue weighted by molar-refractivity contribution is -0.138. The predicted molar refractivity (Wildman–Crippen MR) is 140 cm³/mol. The Bertz CT molecular complexity index is 1240. The number of fused-ring (bicyclic) bond motifs is 1. The highest BCUT2D eigenvalue weighted by Gasteiger charge is 2.33. The number of amides is 1. The summed E-state index contributed by atoms with van der Waals surface area (Å²) in [6.07, 6.45) is 0.801. The van der Waals surface area contributed by atoms with Crippen molar-refractivity contribution < 1.29 is 14.3 Å². The van der Waals surface area contributed by atoms with Crippen molar-refractivity contribution in [1.29, 1.82) is 0 Å². The minimum absolute atomic E-state index is 0.0153. The molecule has 192 valence electrons. The number of hydrogen-bond acceptors (Lipinski definition) is 6. The molecule has 1 fully saturated rings. The van der Waals surface area contributed by atoms with Gasteiger partial charge in [0.05, 0.1) is 30.1 Å². The van der Waals surface area contributed by atoms with E-state index in [4.69, 9.17) is 14.5 Å². The summed E-state index contributed by atoms with van der Waals surface area (Å²) in [5.41, 5.74) is 1.82. The van der Waals surface area contributed by atoms with Crippen LogP contribution in [0.3, 0.4) is 0 Å². The van der Waals surface area contributed by atoms with Crippen LogP contribution < -0.4 is 10.3 Å². The normalized spacial score (nSPS) is 17.3. The minimum Gasteiger partial charge on any atom is -0.484 e. The average Bonchev–Trinajstić information content (AvgIpc) is 2.88. The molecule has 2 unspecified atom stereocenters. The van der Waals surface area contributed by atoms with Gasteiger partial charge in [0.15, 0.2) is 6.61 Å². The van der Waals surface area contributed by atoms with Crippen LogP contribution in [-0.4, -0.2) is 71.3 Å². The van der Waals surface area contributed by atoms with Gasteiger partial charge in [-0.1, -0.05) is 36.8 Å². The Kier molecular flexibility index (Phi) is 8.38. The number of piperazine rings is 1. The fraction of sp³-hybridized carbons (Fsp3) is 0.464. The van der Waals surface area contributed by atoms with Gasteiger partial charge in [-0.15, -0.1) is 0 Å². The van der Waals surface area contributed by atoms with Crippen molar-refractivity contribution in [3.05, 3.63) is 70.3 Å². The topological polar surface area (TPSA) is 76.9 Å². The Morgan fingerprint density at radius 2 is 1.89 bits per heavy atom. The molecular formula is C28H36N4O4. The molecule has 1 aromatic heterocycles. The second kappa shape index (κ2) is 11.7. The van der Waals surface area contributed by atoms with Crippen LogP contribution in [0.15, 0.2) is 53.3 Å². The molecule has 1 aliphatic heterocycles.